The van der Waals surface area contributed by atoms with Crippen molar-refractivity contribution < 1.29 is 18.0 Å². The van der Waals surface area contributed by atoms with Crippen molar-refractivity contribution in [3.8, 4) is 0 Å². The van der Waals surface area contributed by atoms with Crippen molar-refractivity contribution >= 4 is 50.9 Å². The Morgan fingerprint density at radius 1 is 0.944 bits per heavy atom. The van der Waals surface area contributed by atoms with Gasteiger partial charge in [0.2, 0.25) is 11.8 Å². The second-order valence-electron chi connectivity index (χ2n) is 8.60. The Morgan fingerprint density at radius 3 is 2.03 bits per heavy atom. The maximum atomic E-state index is 13.8. The van der Waals surface area contributed by atoms with E-state index in [2.05, 4.69) is 5.32 Å². The van der Waals surface area contributed by atoms with Crippen LogP contribution in [0.1, 0.15) is 39.2 Å². The summed E-state index contributed by atoms with van der Waals surface area (Å²) in [7, 11) is -1.23. The molecule has 0 unspecified atom stereocenters. The van der Waals surface area contributed by atoms with Gasteiger partial charge < -0.3 is 10.2 Å². The largest absolute Gasteiger partial charge is 0.352 e. The molecule has 0 heterocycles. The fourth-order valence-electron chi connectivity index (χ4n) is 3.53. The lowest BCUT2D eigenvalue weighted by Gasteiger charge is -2.34. The van der Waals surface area contributed by atoms with Crippen LogP contribution < -0.4 is 9.62 Å². The van der Waals surface area contributed by atoms with Crippen LogP contribution in [0.15, 0.2) is 48.5 Å². The Morgan fingerprint density at radius 2 is 1.53 bits per heavy atom. The first-order valence-electron chi connectivity index (χ1n) is 11.7. The molecule has 2 rings (SSSR count). The van der Waals surface area contributed by atoms with Gasteiger partial charge in [-0.25, -0.2) is 4.31 Å². The molecule has 0 spiro atoms. The van der Waals surface area contributed by atoms with E-state index in [0.717, 1.165) is 15.0 Å². The van der Waals surface area contributed by atoms with Gasteiger partial charge in [0.25, 0.3) is 0 Å². The summed E-state index contributed by atoms with van der Waals surface area (Å²) < 4.78 is 28.4. The van der Waals surface area contributed by atoms with E-state index in [1.54, 1.807) is 55.5 Å². The van der Waals surface area contributed by atoms with Crippen LogP contribution in [0.2, 0.25) is 10.0 Å². The highest BCUT2D eigenvalue weighted by Crippen LogP contribution is 2.28. The van der Waals surface area contributed by atoms with Crippen LogP contribution >= 0.6 is 23.2 Å². The number of nitrogens with one attached hydrogen (secondary N) is 1. The van der Waals surface area contributed by atoms with E-state index >= 15 is 0 Å². The third-order valence-electron chi connectivity index (χ3n) is 5.84. The van der Waals surface area contributed by atoms with Gasteiger partial charge in [-0.15, -0.1) is 0 Å². The number of carbonyl (C=O) groups excluding carboxylic acids is 2. The van der Waals surface area contributed by atoms with Crippen LogP contribution in [0.25, 0.3) is 0 Å². The topological polar surface area (TPSA) is 90.0 Å². The monoisotopic (exact) mass is 556 g/mol. The van der Waals surface area contributed by atoms with Crippen LogP contribution in [0.5, 0.6) is 0 Å². The molecule has 198 valence electrons. The third kappa shape index (κ3) is 7.35. The zero-order valence-corrected chi connectivity index (χ0v) is 23.6. The molecule has 0 aliphatic carbocycles. The highest BCUT2D eigenvalue weighted by atomic mass is 35.5. The molecule has 0 aromatic heterocycles. The lowest BCUT2D eigenvalue weighted by Crippen LogP contribution is -2.54. The Hall–Kier alpha value is -2.33. The van der Waals surface area contributed by atoms with Crippen LogP contribution in [0.3, 0.4) is 0 Å². The summed E-state index contributed by atoms with van der Waals surface area (Å²) in [5.41, 5.74) is 0.804. The normalized spacial score (nSPS) is 13.2. The molecule has 2 amide bonds. The summed E-state index contributed by atoms with van der Waals surface area (Å²) in [5.74, 6) is -0.892. The van der Waals surface area contributed by atoms with E-state index in [-0.39, 0.29) is 18.5 Å². The van der Waals surface area contributed by atoms with Gasteiger partial charge in [-0.2, -0.15) is 12.7 Å². The van der Waals surface area contributed by atoms with E-state index in [1.165, 1.54) is 19.0 Å². The summed E-state index contributed by atoms with van der Waals surface area (Å²) in [4.78, 5) is 28.4. The summed E-state index contributed by atoms with van der Waals surface area (Å²) in [6, 6.07) is 12.4. The first kappa shape index (κ1) is 29.9. The SMILES string of the molecule is CC[C@H](C)NC(=O)[C@H](CC)N(Cc1c(Cl)cccc1Cl)C(=O)CN(c1ccccc1)S(=O)(=O)N(C)C. The molecular weight excluding hydrogens is 523 g/mol. The number of rotatable bonds is 12. The van der Waals surface area contributed by atoms with Crippen molar-refractivity contribution in [2.24, 2.45) is 0 Å². The molecule has 2 atom stereocenters. The Kier molecular flexibility index (Phi) is 11.0. The molecular formula is C25H34Cl2N4O4S. The van der Waals surface area contributed by atoms with Gasteiger partial charge in [0.05, 0.1) is 5.69 Å². The van der Waals surface area contributed by atoms with Gasteiger partial charge in [0, 0.05) is 42.3 Å². The lowest BCUT2D eigenvalue weighted by molar-refractivity contribution is -0.140. The fraction of sp³-hybridized carbons (Fsp3) is 0.440. The maximum absolute atomic E-state index is 13.8. The smallest absolute Gasteiger partial charge is 0.304 e. The molecule has 11 heteroatoms. The number of hydrogen-bond acceptors (Lipinski definition) is 4. The minimum atomic E-state index is -4.02. The van der Waals surface area contributed by atoms with Gasteiger partial charge in [0.15, 0.2) is 0 Å². The standard InChI is InChI=1S/C25H34Cl2N4O4S/c1-6-18(3)28-25(33)23(7-2)30(16-20-21(26)14-11-15-22(20)27)24(32)17-31(36(34,35)29(4)5)19-12-9-8-10-13-19/h8-15,18,23H,6-7,16-17H2,1-5H3,(H,28,33)/t18-,23-/m0/s1. The van der Waals surface area contributed by atoms with Gasteiger partial charge in [-0.3, -0.25) is 9.59 Å². The van der Waals surface area contributed by atoms with E-state index < -0.39 is 28.7 Å². The lowest BCUT2D eigenvalue weighted by atomic mass is 10.1. The highest BCUT2D eigenvalue weighted by Gasteiger charge is 2.34. The molecule has 1 N–H and O–H groups in total. The highest BCUT2D eigenvalue weighted by molar-refractivity contribution is 7.90. The van der Waals surface area contributed by atoms with E-state index in [9.17, 15) is 18.0 Å². The molecule has 0 bridgehead atoms. The van der Waals surface area contributed by atoms with Crippen LogP contribution in [-0.2, 0) is 26.3 Å². The zero-order chi connectivity index (χ0) is 27.0. The number of hydrogen-bond donors (Lipinski definition) is 1. The van der Waals surface area contributed by atoms with Crippen LogP contribution in [0, 0.1) is 0 Å². The summed E-state index contributed by atoms with van der Waals surface area (Å²) in [5, 5.41) is 3.62. The summed E-state index contributed by atoms with van der Waals surface area (Å²) >= 11 is 12.8. The van der Waals surface area contributed by atoms with Crippen molar-refractivity contribution in [3.05, 3.63) is 64.1 Å². The Bertz CT molecular complexity index is 1130. The molecule has 8 nitrogen and oxygen atoms in total. The number of carbonyl (C=O) groups is 2. The van der Waals surface area contributed by atoms with Gasteiger partial charge in [-0.05, 0) is 44.0 Å². The predicted octanol–water partition coefficient (Wildman–Crippen LogP) is 4.33. The second kappa shape index (κ2) is 13.3. The maximum Gasteiger partial charge on any atom is 0.304 e. The second-order valence-corrected chi connectivity index (χ2v) is 11.5. The molecule has 2 aromatic carbocycles. The molecule has 0 fully saturated rings. The number of para-hydroxylation sites is 1. The number of benzene rings is 2. The van der Waals surface area contributed by atoms with Gasteiger partial charge >= 0.3 is 10.2 Å². The van der Waals surface area contributed by atoms with Crippen LogP contribution in [-0.4, -0.2) is 62.2 Å². The fourth-order valence-corrected chi connectivity index (χ4v) is 5.10. The first-order valence-corrected chi connectivity index (χ1v) is 13.9. The van der Waals surface area contributed by atoms with Gasteiger partial charge in [0.1, 0.15) is 12.6 Å². The Labute approximate surface area is 224 Å². The van der Waals surface area contributed by atoms with Crippen molar-refractivity contribution in [2.75, 3.05) is 24.9 Å². The van der Waals surface area contributed by atoms with Crippen molar-refractivity contribution in [3.63, 3.8) is 0 Å². The zero-order valence-electron chi connectivity index (χ0n) is 21.2. The Balaban J connectivity index is 2.54. The molecule has 0 aliphatic heterocycles. The van der Waals surface area contributed by atoms with Crippen LogP contribution in [0.4, 0.5) is 5.69 Å². The van der Waals surface area contributed by atoms with E-state index in [1.807, 2.05) is 13.8 Å². The van der Waals surface area contributed by atoms with Crippen molar-refractivity contribution in [1.82, 2.24) is 14.5 Å². The number of halogens is 2. The molecule has 0 saturated heterocycles. The average Bonchev–Trinajstić information content (AvgIpc) is 2.84. The first-order chi connectivity index (χ1) is 16.9. The third-order valence-corrected chi connectivity index (χ3v) is 8.37. The predicted molar refractivity (Wildman–Crippen MR) is 145 cm³/mol. The number of anilines is 1. The van der Waals surface area contributed by atoms with E-state index in [0.29, 0.717) is 27.7 Å². The summed E-state index contributed by atoms with van der Waals surface area (Å²) in [6.07, 6.45) is 1.02. The number of nitrogens with zero attached hydrogens (tertiary/aromatic N) is 3. The molecule has 2 aromatic rings. The van der Waals surface area contributed by atoms with Gasteiger partial charge in [-0.1, -0.05) is 61.3 Å². The summed E-state index contributed by atoms with van der Waals surface area (Å²) in [6.45, 7) is 5.04. The molecule has 0 aliphatic rings. The van der Waals surface area contributed by atoms with Crippen molar-refractivity contribution in [2.45, 2.75) is 52.2 Å². The number of amides is 2. The average molecular weight is 558 g/mol. The minimum Gasteiger partial charge on any atom is -0.352 e. The minimum absolute atomic E-state index is 0.0611. The van der Waals surface area contributed by atoms with Crippen molar-refractivity contribution in [1.29, 1.82) is 0 Å². The molecule has 0 radical (unpaired) electrons. The molecule has 36 heavy (non-hydrogen) atoms. The molecule has 0 saturated carbocycles. The van der Waals surface area contributed by atoms with E-state index in [4.69, 9.17) is 23.2 Å². The quantitative estimate of drug-likeness (QED) is 0.421.